The van der Waals surface area contributed by atoms with Gasteiger partial charge < -0.3 is 10.1 Å². The Morgan fingerprint density at radius 1 is 1.41 bits per heavy atom. The van der Waals surface area contributed by atoms with Crippen LogP contribution in [-0.2, 0) is 0 Å². The zero-order chi connectivity index (χ0) is 12.5. The molecule has 17 heavy (non-hydrogen) atoms. The van der Waals surface area contributed by atoms with Crippen LogP contribution in [0, 0.1) is 5.92 Å². The summed E-state index contributed by atoms with van der Waals surface area (Å²) in [4.78, 5) is 3.90. The Bertz CT molecular complexity index is 311. The van der Waals surface area contributed by atoms with Crippen LogP contribution in [-0.4, -0.2) is 26.0 Å². The molecule has 98 valence electrons. The molecule has 2 atom stereocenters. The molecule has 0 aromatic heterocycles. The molecule has 0 unspecified atom stereocenters. The first-order valence-electron chi connectivity index (χ1n) is 7.21. The molecular weight excluding hydrogens is 226 g/mol. The second-order valence-corrected chi connectivity index (χ2v) is 10.3. The van der Waals surface area contributed by atoms with Crippen LogP contribution in [0.2, 0.25) is 13.1 Å². The van der Waals surface area contributed by atoms with E-state index in [9.17, 15) is 5.11 Å². The number of hydrogen-bond donors (Lipinski definition) is 2. The Labute approximate surface area is 107 Å². The first kappa shape index (κ1) is 13.3. The van der Waals surface area contributed by atoms with Gasteiger partial charge in [-0.3, -0.25) is 0 Å². The largest absolute Gasteiger partial charge is 0.392 e. The number of rotatable bonds is 4. The van der Waals surface area contributed by atoms with E-state index in [0.717, 1.165) is 18.4 Å². The third kappa shape index (κ3) is 2.51. The van der Waals surface area contributed by atoms with Gasteiger partial charge in [-0.25, -0.2) is 0 Å². The quantitative estimate of drug-likeness (QED) is 0.755. The first-order chi connectivity index (χ1) is 8.10. The summed E-state index contributed by atoms with van der Waals surface area (Å²) in [6.07, 6.45) is 7.62. The van der Waals surface area contributed by atoms with Crippen LogP contribution in [0.1, 0.15) is 45.4 Å². The summed E-state index contributed by atoms with van der Waals surface area (Å²) in [7, 11) is -1.43. The smallest absolute Gasteiger partial charge is 0.148 e. The van der Waals surface area contributed by atoms with Crippen LogP contribution in [0.15, 0.2) is 10.8 Å². The van der Waals surface area contributed by atoms with Crippen LogP contribution in [0.25, 0.3) is 0 Å². The Kier molecular flexibility index (Phi) is 4.11. The van der Waals surface area contributed by atoms with Crippen molar-refractivity contribution >= 4 is 8.24 Å². The van der Waals surface area contributed by atoms with Gasteiger partial charge in [0.05, 0.1) is 6.61 Å². The van der Waals surface area contributed by atoms with Crippen molar-refractivity contribution in [2.24, 2.45) is 5.92 Å². The van der Waals surface area contributed by atoms with Crippen LogP contribution >= 0.6 is 0 Å². The van der Waals surface area contributed by atoms with Gasteiger partial charge in [0, 0.05) is 6.04 Å². The van der Waals surface area contributed by atoms with Crippen LogP contribution in [0.4, 0.5) is 0 Å². The van der Waals surface area contributed by atoms with Gasteiger partial charge in [-0.15, -0.1) is 0 Å². The Hall–Kier alpha value is -0.123. The maximum absolute atomic E-state index is 9.70. The molecule has 0 aromatic rings. The number of fused-ring (bicyclic) bond motifs is 1. The van der Waals surface area contributed by atoms with Gasteiger partial charge in [0.2, 0.25) is 0 Å². The SMILES string of the molecule is CCCC/C(CO)=C1\[C@@H]2CCC[C@@H]2N[Si]1(C)C. The van der Waals surface area contributed by atoms with Crippen molar-refractivity contribution in [1.82, 2.24) is 4.98 Å². The lowest BCUT2D eigenvalue weighted by atomic mass is 9.98. The van der Waals surface area contributed by atoms with Gasteiger partial charge in [-0.2, -0.15) is 0 Å². The van der Waals surface area contributed by atoms with Crippen molar-refractivity contribution in [3.8, 4) is 0 Å². The van der Waals surface area contributed by atoms with Gasteiger partial charge >= 0.3 is 0 Å². The number of hydrogen-bond acceptors (Lipinski definition) is 2. The van der Waals surface area contributed by atoms with E-state index in [-0.39, 0.29) is 6.61 Å². The van der Waals surface area contributed by atoms with Gasteiger partial charge in [0.1, 0.15) is 8.24 Å². The predicted molar refractivity (Wildman–Crippen MR) is 75.4 cm³/mol. The highest BCUT2D eigenvalue weighted by atomic mass is 28.3. The zero-order valence-corrected chi connectivity index (χ0v) is 12.6. The third-order valence-corrected chi connectivity index (χ3v) is 7.67. The van der Waals surface area contributed by atoms with Crippen molar-refractivity contribution < 1.29 is 5.11 Å². The van der Waals surface area contributed by atoms with E-state index < -0.39 is 8.24 Å². The van der Waals surface area contributed by atoms with Gasteiger partial charge in [0.15, 0.2) is 0 Å². The first-order valence-corrected chi connectivity index (χ1v) is 10.2. The molecular formula is C14H27NOSi. The van der Waals surface area contributed by atoms with Crippen molar-refractivity contribution in [1.29, 1.82) is 0 Å². The van der Waals surface area contributed by atoms with Crippen molar-refractivity contribution in [3.63, 3.8) is 0 Å². The maximum Gasteiger partial charge on any atom is 0.148 e. The molecule has 0 radical (unpaired) electrons. The topological polar surface area (TPSA) is 32.3 Å². The van der Waals surface area contributed by atoms with E-state index in [0.29, 0.717) is 0 Å². The highest BCUT2D eigenvalue weighted by Gasteiger charge is 2.47. The summed E-state index contributed by atoms with van der Waals surface area (Å²) >= 11 is 0. The molecule has 1 aliphatic carbocycles. The number of nitrogens with one attached hydrogen (secondary N) is 1. The fraction of sp³-hybridized carbons (Fsp3) is 0.857. The molecule has 0 spiro atoms. The Morgan fingerprint density at radius 3 is 2.82 bits per heavy atom. The zero-order valence-electron chi connectivity index (χ0n) is 11.6. The van der Waals surface area contributed by atoms with Gasteiger partial charge in [-0.05, 0) is 37.2 Å². The average molecular weight is 253 g/mol. The lowest BCUT2D eigenvalue weighted by molar-refractivity contribution is 0.323. The van der Waals surface area contributed by atoms with Crippen LogP contribution in [0.5, 0.6) is 0 Å². The molecule has 1 aliphatic heterocycles. The monoisotopic (exact) mass is 253 g/mol. The van der Waals surface area contributed by atoms with E-state index in [2.05, 4.69) is 25.0 Å². The Morgan fingerprint density at radius 2 is 2.18 bits per heavy atom. The van der Waals surface area contributed by atoms with Crippen LogP contribution in [0.3, 0.4) is 0 Å². The highest BCUT2D eigenvalue weighted by molar-refractivity contribution is 6.83. The minimum Gasteiger partial charge on any atom is -0.392 e. The number of aliphatic hydroxyl groups is 1. The summed E-state index contributed by atoms with van der Waals surface area (Å²) in [5.41, 5.74) is 1.38. The lowest BCUT2D eigenvalue weighted by Gasteiger charge is -2.24. The highest BCUT2D eigenvalue weighted by Crippen LogP contribution is 2.43. The molecule has 0 bridgehead atoms. The second-order valence-electron chi connectivity index (χ2n) is 6.19. The van der Waals surface area contributed by atoms with E-state index in [1.54, 1.807) is 5.20 Å². The standard InChI is InChI=1S/C14H27NOSi/c1-4-5-7-11(10-16)14-12-8-6-9-13(12)15-17(14,2)3/h12-13,15-16H,4-10H2,1-3H3/b14-11-/t12-,13+/m1/s1. The fourth-order valence-corrected chi connectivity index (χ4v) is 7.66. The molecule has 1 heterocycles. The molecule has 1 saturated carbocycles. The van der Waals surface area contributed by atoms with Gasteiger partial charge in [0.25, 0.3) is 0 Å². The fourth-order valence-electron chi connectivity index (χ4n) is 3.88. The minimum absolute atomic E-state index is 0.288. The second kappa shape index (κ2) is 5.25. The summed E-state index contributed by atoms with van der Waals surface area (Å²) in [5, 5.41) is 11.4. The molecule has 2 fully saturated rings. The molecule has 3 heteroatoms. The number of aliphatic hydroxyl groups excluding tert-OH is 1. The lowest BCUT2D eigenvalue weighted by Crippen LogP contribution is -2.44. The Balaban J connectivity index is 2.27. The van der Waals surface area contributed by atoms with E-state index in [4.69, 9.17) is 0 Å². The molecule has 2 N–H and O–H groups in total. The molecule has 2 nitrogen and oxygen atoms in total. The summed E-state index contributed by atoms with van der Waals surface area (Å²) < 4.78 is 0. The predicted octanol–water partition coefficient (Wildman–Crippen LogP) is 2.98. The van der Waals surface area contributed by atoms with Crippen molar-refractivity contribution in [2.45, 2.75) is 64.6 Å². The van der Waals surface area contributed by atoms with E-state index in [1.165, 1.54) is 37.7 Å². The average Bonchev–Trinajstić information content (AvgIpc) is 2.78. The van der Waals surface area contributed by atoms with E-state index in [1.807, 2.05) is 0 Å². The molecule has 2 rings (SSSR count). The van der Waals surface area contributed by atoms with E-state index >= 15 is 0 Å². The summed E-state index contributed by atoms with van der Waals surface area (Å²) in [5.74, 6) is 0.760. The summed E-state index contributed by atoms with van der Waals surface area (Å²) in [6, 6.07) is 0.731. The van der Waals surface area contributed by atoms with Crippen LogP contribution < -0.4 is 4.98 Å². The minimum atomic E-state index is -1.43. The normalized spacial score (nSPS) is 33.9. The van der Waals surface area contributed by atoms with Crippen molar-refractivity contribution in [3.05, 3.63) is 10.8 Å². The maximum atomic E-state index is 9.70. The number of unbranched alkanes of at least 4 members (excludes halogenated alkanes) is 1. The third-order valence-electron chi connectivity index (χ3n) is 4.51. The molecule has 0 amide bonds. The molecule has 1 saturated heterocycles. The molecule has 0 aromatic carbocycles. The summed E-state index contributed by atoms with van der Waals surface area (Å²) in [6.45, 7) is 7.36. The van der Waals surface area contributed by atoms with Crippen molar-refractivity contribution in [2.75, 3.05) is 6.61 Å². The van der Waals surface area contributed by atoms with Gasteiger partial charge in [-0.1, -0.05) is 38.1 Å². The molecule has 2 aliphatic rings.